The summed E-state index contributed by atoms with van der Waals surface area (Å²) in [6.45, 7) is 10.6. The molecule has 13 nitrogen and oxygen atoms in total. The second kappa shape index (κ2) is 19.2. The molecule has 4 aromatic carbocycles. The van der Waals surface area contributed by atoms with E-state index in [2.05, 4.69) is 43.8 Å². The van der Waals surface area contributed by atoms with Crippen molar-refractivity contribution in [2.24, 2.45) is 11.8 Å². The third-order valence-corrected chi connectivity index (χ3v) is 23.1. The molecule has 1 aliphatic rings. The van der Waals surface area contributed by atoms with Gasteiger partial charge in [-0.25, -0.2) is 9.78 Å². The van der Waals surface area contributed by atoms with Crippen LogP contribution in [0.2, 0.25) is 18.1 Å². The molecule has 1 fully saturated rings. The highest BCUT2D eigenvalue weighted by Gasteiger charge is 2.59. The number of ether oxygens (including phenoxy) is 1. The summed E-state index contributed by atoms with van der Waals surface area (Å²) in [5.41, 5.74) is 1.01. The maximum Gasteiger partial charge on any atom is 0.356 e. The molecule has 1 aliphatic heterocycles. The number of Topliss-reactive ketones (excluding diaryl/α,β-unsaturated/α-hetero) is 1. The molecule has 348 valence electrons. The van der Waals surface area contributed by atoms with Crippen molar-refractivity contribution in [2.45, 2.75) is 71.5 Å². The third kappa shape index (κ3) is 8.82. The lowest BCUT2D eigenvalue weighted by atomic mass is 9.75. The molecule has 0 bridgehead atoms. The van der Waals surface area contributed by atoms with E-state index in [0.717, 1.165) is 27.3 Å². The Morgan fingerprint density at radius 1 is 0.853 bits per heavy atom. The standard InChI is InChI=1S/C52H52N5O8PSSi/c1-34(46(58)42-31-55-33-54-44(50(55)67-42)47(59)37-18-17-29-53-30-37)45-43(35(2)65-68(6,7)52(3,4)5)48(60)56(45)49(51(61)64-32-36-25-27-38(28-26-36)57(62)63)66(39-19-11-8-12-20-39,40-21-13-9-14-22-40)41-23-15-10-16-24-41/h8-31,33-35,43,45H,32H2,1-7H3/t34-,35-,43+,45-/m1/s1. The van der Waals surface area contributed by atoms with Gasteiger partial charge in [-0.3, -0.25) is 33.9 Å². The molecule has 4 heterocycles. The summed E-state index contributed by atoms with van der Waals surface area (Å²) in [4.78, 5) is 82.1. The third-order valence-electron chi connectivity index (χ3n) is 13.2. The minimum Gasteiger partial charge on any atom is -0.456 e. The average Bonchev–Trinajstić information content (AvgIpc) is 3.94. The van der Waals surface area contributed by atoms with E-state index in [0.29, 0.717) is 20.8 Å². The number of ketones is 2. The molecule has 0 aliphatic carbocycles. The number of hydrogen-bond acceptors (Lipinski definition) is 11. The number of benzene rings is 4. The molecular weight excluding hydrogens is 914 g/mol. The number of nitrogens with zero attached hydrogens (tertiary/aromatic N) is 5. The van der Waals surface area contributed by atoms with E-state index in [1.54, 1.807) is 35.9 Å². The Labute approximate surface area is 400 Å². The van der Waals surface area contributed by atoms with Gasteiger partial charge in [0.15, 0.2) is 14.1 Å². The van der Waals surface area contributed by atoms with E-state index >= 15 is 14.4 Å². The van der Waals surface area contributed by atoms with Gasteiger partial charge in [-0.1, -0.05) is 119 Å². The van der Waals surface area contributed by atoms with Gasteiger partial charge >= 0.3 is 5.97 Å². The van der Waals surface area contributed by atoms with Crippen LogP contribution in [0.25, 0.3) is 4.83 Å². The van der Waals surface area contributed by atoms with Crippen molar-refractivity contribution in [1.29, 1.82) is 0 Å². The minimum absolute atomic E-state index is 0.0845. The number of aromatic nitrogens is 3. The first kappa shape index (κ1) is 47.8. The maximum absolute atomic E-state index is 15.7. The zero-order valence-corrected chi connectivity index (χ0v) is 41.5. The summed E-state index contributed by atoms with van der Waals surface area (Å²) in [7, 11) is -2.52. The molecule has 0 unspecified atom stereocenters. The number of rotatable bonds is 16. The molecule has 4 atom stereocenters. The smallest absolute Gasteiger partial charge is 0.356 e. The number of carbonyl (C=O) groups excluding carboxylic acids is 4. The highest BCUT2D eigenvalue weighted by molar-refractivity contribution is 7.96. The van der Waals surface area contributed by atoms with Gasteiger partial charge in [-0.15, -0.1) is 11.3 Å². The monoisotopic (exact) mass is 965 g/mol. The van der Waals surface area contributed by atoms with Crippen molar-refractivity contribution in [3.63, 3.8) is 0 Å². The molecule has 68 heavy (non-hydrogen) atoms. The number of amides is 1. The van der Waals surface area contributed by atoms with Gasteiger partial charge in [-0.2, -0.15) is 0 Å². The van der Waals surface area contributed by atoms with Gasteiger partial charge in [0, 0.05) is 49.1 Å². The van der Waals surface area contributed by atoms with E-state index in [1.165, 1.54) is 41.7 Å². The lowest BCUT2D eigenvalue weighted by Crippen LogP contribution is -2.71. The Hall–Kier alpha value is -6.64. The highest BCUT2D eigenvalue weighted by Crippen LogP contribution is 2.51. The van der Waals surface area contributed by atoms with E-state index in [9.17, 15) is 14.9 Å². The van der Waals surface area contributed by atoms with Crippen LogP contribution >= 0.6 is 18.2 Å². The SMILES string of the molecule is C[C@@H](O[Si](C)(C)C(C)(C)C)[C@@H]1C(=O)N(C(C(=O)OCc2ccc([N+](=O)[O-])cc2)=P(c2ccccc2)(c2ccccc2)c2ccccc2)[C@@H]1[C@@H](C)C(=O)c1cn2cnc(C(=O)c3cccnc3)c2s1. The van der Waals surface area contributed by atoms with Crippen molar-refractivity contribution < 1.29 is 33.3 Å². The van der Waals surface area contributed by atoms with E-state index in [-0.39, 0.29) is 45.9 Å². The molecule has 1 saturated heterocycles. The zero-order valence-electron chi connectivity index (χ0n) is 38.8. The van der Waals surface area contributed by atoms with E-state index in [1.807, 2.05) is 97.9 Å². The Bertz CT molecular complexity index is 2960. The summed E-state index contributed by atoms with van der Waals surface area (Å²) in [5, 5.41) is 13.6. The number of non-ortho nitro benzene ring substituents is 1. The van der Waals surface area contributed by atoms with Crippen LogP contribution in [-0.2, 0) is 25.4 Å². The van der Waals surface area contributed by atoms with Gasteiger partial charge in [0.2, 0.25) is 11.7 Å². The van der Waals surface area contributed by atoms with Crippen LogP contribution in [0.3, 0.4) is 0 Å². The molecule has 7 aromatic rings. The van der Waals surface area contributed by atoms with Crippen LogP contribution in [0.1, 0.15) is 65.9 Å². The number of nitro benzene ring substituents is 1. The predicted molar refractivity (Wildman–Crippen MR) is 269 cm³/mol. The molecule has 0 N–H and O–H groups in total. The van der Waals surface area contributed by atoms with Gasteiger partial charge in [0.1, 0.15) is 28.9 Å². The van der Waals surface area contributed by atoms with E-state index < -0.39 is 50.1 Å². The Morgan fingerprint density at radius 3 is 1.94 bits per heavy atom. The Morgan fingerprint density at radius 2 is 1.43 bits per heavy atom. The summed E-state index contributed by atoms with van der Waals surface area (Å²) in [6.07, 6.45) is 5.54. The largest absolute Gasteiger partial charge is 0.456 e. The fourth-order valence-corrected chi connectivity index (χ4v) is 15.6. The van der Waals surface area contributed by atoms with Crippen LogP contribution < -0.4 is 15.9 Å². The number of esters is 1. The number of fused-ring (bicyclic) bond motifs is 1. The lowest BCUT2D eigenvalue weighted by molar-refractivity contribution is -0.384. The first-order chi connectivity index (χ1) is 32.5. The Kier molecular flexibility index (Phi) is 13.5. The number of β-lactam (4-membered cyclic amide) rings is 1. The highest BCUT2D eigenvalue weighted by atomic mass is 32.1. The number of nitro groups is 1. The summed E-state index contributed by atoms with van der Waals surface area (Å²) >= 11 is 1.13. The topological polar surface area (TPSA) is 163 Å². The van der Waals surface area contributed by atoms with Crippen LogP contribution in [0.4, 0.5) is 5.69 Å². The first-order valence-corrected chi connectivity index (χ1v) is 27.8. The van der Waals surface area contributed by atoms with Crippen molar-refractivity contribution >= 4 is 81.8 Å². The first-order valence-electron chi connectivity index (χ1n) is 22.3. The Balaban J connectivity index is 1.34. The number of carbonyl (C=O) groups is 4. The molecule has 0 saturated carbocycles. The van der Waals surface area contributed by atoms with Gasteiger partial charge in [-0.05, 0) is 70.8 Å². The predicted octanol–water partition coefficient (Wildman–Crippen LogP) is 8.85. The lowest BCUT2D eigenvalue weighted by Gasteiger charge is -2.54. The van der Waals surface area contributed by atoms with Crippen LogP contribution in [0, 0.1) is 22.0 Å². The molecular formula is C52H52N5O8PSSi. The van der Waals surface area contributed by atoms with Gasteiger partial charge in [0.25, 0.3) is 5.69 Å². The number of pyridine rings is 1. The summed E-state index contributed by atoms with van der Waals surface area (Å²) in [5.74, 6) is -3.58. The van der Waals surface area contributed by atoms with Crippen molar-refractivity contribution in [3.05, 3.63) is 184 Å². The van der Waals surface area contributed by atoms with Gasteiger partial charge in [0.05, 0.1) is 27.9 Å². The van der Waals surface area contributed by atoms with Crippen LogP contribution in [0.15, 0.2) is 152 Å². The summed E-state index contributed by atoms with van der Waals surface area (Å²) < 4.78 is 14.9. The average molecular weight is 966 g/mol. The minimum atomic E-state index is -3.42. The number of hydrogen-bond donors (Lipinski definition) is 0. The van der Waals surface area contributed by atoms with Crippen LogP contribution in [0.5, 0.6) is 0 Å². The quantitative estimate of drug-likeness (QED) is 0.0174. The molecule has 3 aromatic heterocycles. The maximum atomic E-state index is 15.7. The van der Waals surface area contributed by atoms with Crippen molar-refractivity contribution in [1.82, 2.24) is 19.3 Å². The number of thiazole rings is 1. The van der Waals surface area contributed by atoms with Crippen molar-refractivity contribution in [3.8, 4) is 0 Å². The molecule has 0 radical (unpaired) electrons. The summed E-state index contributed by atoms with van der Waals surface area (Å²) in [6, 6.07) is 37.0. The molecule has 8 rings (SSSR count). The zero-order chi connectivity index (χ0) is 48.5. The number of imidazole rings is 1. The van der Waals surface area contributed by atoms with E-state index in [4.69, 9.17) is 9.16 Å². The fraction of sp³-hybridized carbons (Fsp3) is 0.250. The fourth-order valence-electron chi connectivity index (χ4n) is 8.68. The molecule has 0 spiro atoms. The second-order valence-corrected chi connectivity index (χ2v) is 27.5. The molecule has 16 heteroatoms. The molecule has 1 amide bonds. The second-order valence-electron chi connectivity index (χ2n) is 18.4. The number of likely N-dealkylation sites (tertiary alicyclic amines) is 1. The van der Waals surface area contributed by atoms with Gasteiger partial charge < -0.3 is 14.1 Å². The normalized spacial score (nSPS) is 16.2. The van der Waals surface area contributed by atoms with Crippen LogP contribution in [-0.4, -0.2) is 73.5 Å². The van der Waals surface area contributed by atoms with Crippen molar-refractivity contribution in [2.75, 3.05) is 0 Å².